The molecule has 1 N–H and O–H groups in total. The molecule has 2 atom stereocenters. The zero-order chi connectivity index (χ0) is 18.3. The second-order valence-corrected chi connectivity index (χ2v) is 7.16. The quantitative estimate of drug-likeness (QED) is 0.896. The summed E-state index contributed by atoms with van der Waals surface area (Å²) in [6.45, 7) is 0. The van der Waals surface area contributed by atoms with E-state index in [1.165, 1.54) is 12.1 Å². The van der Waals surface area contributed by atoms with Crippen LogP contribution in [-0.4, -0.2) is 24.9 Å². The Balaban J connectivity index is 1.46. The fraction of sp³-hybridized carbons (Fsp3) is 0.333. The van der Waals surface area contributed by atoms with Gasteiger partial charge in [0.2, 0.25) is 5.91 Å². The summed E-state index contributed by atoms with van der Waals surface area (Å²) in [6.07, 6.45) is 2.70. The van der Waals surface area contributed by atoms with Gasteiger partial charge in [0.15, 0.2) is 0 Å². The molecule has 4 rings (SSSR count). The van der Waals surface area contributed by atoms with E-state index >= 15 is 0 Å². The van der Waals surface area contributed by atoms with Gasteiger partial charge in [0.25, 0.3) is 5.91 Å². The second kappa shape index (κ2) is 6.56. The third-order valence-electron chi connectivity index (χ3n) is 5.17. The first-order valence-corrected chi connectivity index (χ1v) is 8.97. The lowest BCUT2D eigenvalue weighted by molar-refractivity contribution is -0.119. The Morgan fingerprint density at radius 2 is 1.77 bits per heavy atom. The van der Waals surface area contributed by atoms with Crippen LogP contribution < -0.4 is 10.2 Å². The number of carbonyl (C=O) groups excluding carboxylic acids is 2. The van der Waals surface area contributed by atoms with Gasteiger partial charge in [0, 0.05) is 24.9 Å². The van der Waals surface area contributed by atoms with E-state index in [9.17, 15) is 14.0 Å². The molecule has 2 amide bonds. The van der Waals surface area contributed by atoms with Crippen LogP contribution >= 0.6 is 0 Å². The fourth-order valence-electron chi connectivity index (χ4n) is 3.36. The van der Waals surface area contributed by atoms with Crippen molar-refractivity contribution in [2.45, 2.75) is 31.2 Å². The van der Waals surface area contributed by atoms with Crippen LogP contribution in [0.5, 0.6) is 0 Å². The number of anilines is 1. The first kappa shape index (κ1) is 16.8. The molecule has 0 aromatic heterocycles. The van der Waals surface area contributed by atoms with Crippen molar-refractivity contribution in [2.24, 2.45) is 5.92 Å². The molecule has 0 aliphatic heterocycles. The van der Waals surface area contributed by atoms with Crippen LogP contribution in [-0.2, 0) is 4.79 Å². The number of rotatable bonds is 5. The summed E-state index contributed by atoms with van der Waals surface area (Å²) >= 11 is 0. The van der Waals surface area contributed by atoms with E-state index in [0.29, 0.717) is 11.3 Å². The first-order valence-electron chi connectivity index (χ1n) is 8.97. The summed E-state index contributed by atoms with van der Waals surface area (Å²) in [4.78, 5) is 26.7. The molecular formula is C21H21FN2O2. The Hall–Kier alpha value is -2.69. The highest BCUT2D eigenvalue weighted by molar-refractivity contribution is 6.05. The molecule has 2 aromatic carbocycles. The summed E-state index contributed by atoms with van der Waals surface area (Å²) < 4.78 is 13.0. The molecule has 134 valence electrons. The van der Waals surface area contributed by atoms with Crippen molar-refractivity contribution in [1.29, 1.82) is 0 Å². The topological polar surface area (TPSA) is 49.4 Å². The Labute approximate surface area is 152 Å². The van der Waals surface area contributed by atoms with Crippen molar-refractivity contribution >= 4 is 17.5 Å². The molecule has 26 heavy (non-hydrogen) atoms. The smallest absolute Gasteiger partial charge is 0.253 e. The van der Waals surface area contributed by atoms with E-state index < -0.39 is 0 Å². The van der Waals surface area contributed by atoms with E-state index in [1.807, 2.05) is 6.07 Å². The summed E-state index contributed by atoms with van der Waals surface area (Å²) in [5.74, 6) is -0.0428. The van der Waals surface area contributed by atoms with Crippen LogP contribution in [0, 0.1) is 11.7 Å². The number of hydrogen-bond acceptors (Lipinski definition) is 2. The SMILES string of the molecule is CN(C(=O)C1CC1)c1ccccc1C(=O)N[C@H]1C[C@H]1c1ccc(F)cc1. The summed E-state index contributed by atoms with van der Waals surface area (Å²) in [5, 5.41) is 3.04. The molecule has 0 saturated heterocycles. The zero-order valence-corrected chi connectivity index (χ0v) is 14.6. The molecule has 2 aliphatic rings. The highest BCUT2D eigenvalue weighted by Gasteiger charge is 2.40. The molecule has 2 fully saturated rings. The van der Waals surface area contributed by atoms with Crippen LogP contribution in [0.3, 0.4) is 0 Å². The van der Waals surface area contributed by atoms with Gasteiger partial charge in [-0.2, -0.15) is 0 Å². The molecule has 2 aromatic rings. The highest BCUT2D eigenvalue weighted by Crippen LogP contribution is 2.41. The predicted octanol–water partition coefficient (Wildman–Crippen LogP) is 3.48. The minimum atomic E-state index is -0.257. The molecule has 2 aliphatic carbocycles. The molecule has 0 heterocycles. The number of para-hydroxylation sites is 1. The van der Waals surface area contributed by atoms with Gasteiger partial charge in [0.1, 0.15) is 5.82 Å². The Kier molecular flexibility index (Phi) is 4.23. The maximum atomic E-state index is 13.0. The second-order valence-electron chi connectivity index (χ2n) is 7.16. The van der Waals surface area contributed by atoms with Gasteiger partial charge in [0.05, 0.1) is 11.3 Å². The highest BCUT2D eigenvalue weighted by atomic mass is 19.1. The van der Waals surface area contributed by atoms with Gasteiger partial charge in [-0.25, -0.2) is 4.39 Å². The molecule has 0 spiro atoms. The summed E-state index contributed by atoms with van der Waals surface area (Å²) in [6, 6.07) is 13.7. The molecule has 0 radical (unpaired) electrons. The van der Waals surface area contributed by atoms with Crippen molar-refractivity contribution in [2.75, 3.05) is 11.9 Å². The van der Waals surface area contributed by atoms with E-state index in [-0.39, 0.29) is 35.5 Å². The van der Waals surface area contributed by atoms with Crippen LogP contribution in [0.1, 0.15) is 41.1 Å². The number of nitrogens with zero attached hydrogens (tertiary/aromatic N) is 1. The zero-order valence-electron chi connectivity index (χ0n) is 14.6. The Bertz CT molecular complexity index is 845. The van der Waals surface area contributed by atoms with Crippen molar-refractivity contribution in [3.05, 3.63) is 65.5 Å². The van der Waals surface area contributed by atoms with E-state index in [1.54, 1.807) is 42.3 Å². The number of hydrogen-bond donors (Lipinski definition) is 1. The number of amides is 2. The van der Waals surface area contributed by atoms with Crippen LogP contribution in [0.2, 0.25) is 0 Å². The lowest BCUT2D eigenvalue weighted by Crippen LogP contribution is -2.32. The number of nitrogens with one attached hydrogen (secondary N) is 1. The summed E-state index contributed by atoms with van der Waals surface area (Å²) in [7, 11) is 1.73. The number of carbonyl (C=O) groups is 2. The average Bonchev–Trinajstić information content (AvgIpc) is 3.56. The minimum absolute atomic E-state index is 0.0467. The minimum Gasteiger partial charge on any atom is -0.349 e. The molecule has 5 heteroatoms. The molecule has 0 unspecified atom stereocenters. The molecule has 4 nitrogen and oxygen atoms in total. The summed E-state index contributed by atoms with van der Waals surface area (Å²) in [5.41, 5.74) is 2.18. The number of halogens is 1. The maximum Gasteiger partial charge on any atom is 0.253 e. The van der Waals surface area contributed by atoms with Crippen LogP contribution in [0.4, 0.5) is 10.1 Å². The monoisotopic (exact) mass is 352 g/mol. The third-order valence-corrected chi connectivity index (χ3v) is 5.17. The van der Waals surface area contributed by atoms with E-state index in [0.717, 1.165) is 24.8 Å². The van der Waals surface area contributed by atoms with Gasteiger partial charge >= 0.3 is 0 Å². The van der Waals surface area contributed by atoms with Crippen molar-refractivity contribution < 1.29 is 14.0 Å². The van der Waals surface area contributed by atoms with Gasteiger partial charge in [-0.05, 0) is 49.1 Å². The molecular weight excluding hydrogens is 331 g/mol. The van der Waals surface area contributed by atoms with Gasteiger partial charge in [-0.15, -0.1) is 0 Å². The van der Waals surface area contributed by atoms with E-state index in [2.05, 4.69) is 5.32 Å². The van der Waals surface area contributed by atoms with Gasteiger partial charge in [-0.1, -0.05) is 24.3 Å². The lowest BCUT2D eigenvalue weighted by atomic mass is 10.1. The van der Waals surface area contributed by atoms with Gasteiger partial charge in [-0.3, -0.25) is 9.59 Å². The normalized spacial score (nSPS) is 21.2. The standard InChI is InChI=1S/C21H21FN2O2/c1-24(21(26)14-6-7-14)19-5-3-2-4-16(19)20(25)23-18-12-17(18)13-8-10-15(22)11-9-13/h2-5,8-11,14,17-18H,6-7,12H2,1H3,(H,23,25)/t17-,18-/m0/s1. The largest absolute Gasteiger partial charge is 0.349 e. The lowest BCUT2D eigenvalue weighted by Gasteiger charge is -2.20. The van der Waals surface area contributed by atoms with Crippen molar-refractivity contribution in [3.63, 3.8) is 0 Å². The molecule has 0 bridgehead atoms. The average molecular weight is 352 g/mol. The fourth-order valence-corrected chi connectivity index (χ4v) is 3.36. The number of benzene rings is 2. The maximum absolute atomic E-state index is 13.0. The third kappa shape index (κ3) is 3.34. The Morgan fingerprint density at radius 3 is 2.46 bits per heavy atom. The van der Waals surface area contributed by atoms with Gasteiger partial charge < -0.3 is 10.2 Å². The predicted molar refractivity (Wildman–Crippen MR) is 97.6 cm³/mol. The van der Waals surface area contributed by atoms with Crippen molar-refractivity contribution in [3.8, 4) is 0 Å². The van der Waals surface area contributed by atoms with E-state index in [4.69, 9.17) is 0 Å². The Morgan fingerprint density at radius 1 is 1.08 bits per heavy atom. The van der Waals surface area contributed by atoms with Crippen LogP contribution in [0.15, 0.2) is 48.5 Å². The molecule has 2 saturated carbocycles. The first-order chi connectivity index (χ1) is 12.5. The van der Waals surface area contributed by atoms with Crippen LogP contribution in [0.25, 0.3) is 0 Å². The van der Waals surface area contributed by atoms with Crippen molar-refractivity contribution in [1.82, 2.24) is 5.32 Å².